The summed E-state index contributed by atoms with van der Waals surface area (Å²) < 4.78 is 39.4. The van der Waals surface area contributed by atoms with Crippen molar-refractivity contribution < 1.29 is 23.1 Å². The van der Waals surface area contributed by atoms with E-state index in [2.05, 4.69) is 35.9 Å². The number of hydrogen-bond acceptors (Lipinski definition) is 8. The van der Waals surface area contributed by atoms with Gasteiger partial charge in [-0.25, -0.2) is 42.9 Å². The molecule has 2 aliphatic heterocycles. The van der Waals surface area contributed by atoms with E-state index in [0.29, 0.717) is 71.7 Å². The highest BCUT2D eigenvalue weighted by Crippen LogP contribution is 2.32. The van der Waals surface area contributed by atoms with Gasteiger partial charge in [-0.3, -0.25) is 9.36 Å². The number of pyridine rings is 2. The van der Waals surface area contributed by atoms with E-state index in [9.17, 15) is 23.2 Å². The molecule has 5 aromatic heterocycles. The Kier molecular flexibility index (Phi) is 9.02. The normalized spacial score (nSPS) is 15.2. The molecule has 0 unspecified atom stereocenters. The van der Waals surface area contributed by atoms with E-state index in [1.54, 1.807) is 32.7 Å². The van der Waals surface area contributed by atoms with Crippen LogP contribution in [0.25, 0.3) is 28.0 Å². The highest BCUT2D eigenvalue weighted by atomic mass is 79.9. The van der Waals surface area contributed by atoms with E-state index in [1.807, 2.05) is 37.5 Å². The Labute approximate surface area is 316 Å². The van der Waals surface area contributed by atoms with Crippen molar-refractivity contribution in [3.63, 3.8) is 0 Å². The number of carbonyl (C=O) groups is 2. The highest BCUT2D eigenvalue weighted by Gasteiger charge is 2.32. The maximum absolute atomic E-state index is 14.8. The van der Waals surface area contributed by atoms with E-state index >= 15 is 0 Å². The Hall–Kier alpha value is -5.51. The lowest BCUT2D eigenvalue weighted by molar-refractivity contribution is 0.0188. The number of amides is 2. The number of nitrogens with zero attached hydrogens (tertiary/aromatic N) is 9. The monoisotopic (exact) mass is 799 g/mol. The van der Waals surface area contributed by atoms with Crippen LogP contribution in [-0.2, 0) is 24.2 Å². The smallest absolute Gasteiger partial charge is 0.410 e. The molecule has 0 saturated carbocycles. The molecule has 8 rings (SSSR count). The van der Waals surface area contributed by atoms with Crippen LogP contribution < -0.4 is 5.69 Å². The molecule has 7 heterocycles. The fourth-order valence-corrected chi connectivity index (χ4v) is 7.66. The van der Waals surface area contributed by atoms with Gasteiger partial charge in [0.05, 0.1) is 31.2 Å². The van der Waals surface area contributed by atoms with Gasteiger partial charge in [-0.1, -0.05) is 6.07 Å². The first kappa shape index (κ1) is 35.5. The molecule has 1 saturated heterocycles. The van der Waals surface area contributed by atoms with Gasteiger partial charge in [-0.2, -0.15) is 0 Å². The third-order valence-corrected chi connectivity index (χ3v) is 10.3. The van der Waals surface area contributed by atoms with E-state index in [-0.39, 0.29) is 42.5 Å². The number of likely N-dealkylation sites (tertiary alicyclic amines) is 1. The maximum Gasteiger partial charge on any atom is 0.410 e. The lowest BCUT2D eigenvalue weighted by atomic mass is 10.0. The molecule has 0 N–H and O–H groups in total. The van der Waals surface area contributed by atoms with Crippen LogP contribution in [0.15, 0.2) is 70.5 Å². The number of ether oxygens (including phenoxy) is 1. The van der Waals surface area contributed by atoms with Crippen molar-refractivity contribution in [2.24, 2.45) is 0 Å². The van der Waals surface area contributed by atoms with Gasteiger partial charge in [0.2, 0.25) is 0 Å². The minimum Gasteiger partial charge on any atom is -0.444 e. The van der Waals surface area contributed by atoms with Crippen LogP contribution in [0.2, 0.25) is 0 Å². The number of piperidine rings is 1. The van der Waals surface area contributed by atoms with Crippen LogP contribution in [0, 0.1) is 11.6 Å². The SMILES string of the molecule is CC(C)(C)OC(=O)N1CCC(n2c(=O)n(-c3ccc(C(=O)N4CCc5c(n(Cc6ccc(F)cc6F)c6ncccc56)C4)nc3)c3ncc(Br)nc32)CC1. The summed E-state index contributed by atoms with van der Waals surface area (Å²) in [5.74, 6) is -1.61. The van der Waals surface area contributed by atoms with Gasteiger partial charge in [-0.15, -0.1) is 0 Å². The van der Waals surface area contributed by atoms with E-state index in [4.69, 9.17) is 4.74 Å². The molecular weight excluding hydrogens is 764 g/mol. The predicted octanol–water partition coefficient (Wildman–Crippen LogP) is 6.19. The number of carbonyl (C=O) groups excluding carboxylic acids is 2. The number of fused-ring (bicyclic) bond motifs is 4. The lowest BCUT2D eigenvalue weighted by Crippen LogP contribution is -2.43. The van der Waals surface area contributed by atoms with Crippen molar-refractivity contribution in [3.05, 3.63) is 110 Å². The number of imidazole rings is 1. The average Bonchev–Trinajstić information content (AvgIpc) is 3.61. The van der Waals surface area contributed by atoms with E-state index < -0.39 is 17.2 Å². The molecule has 0 aliphatic carbocycles. The highest BCUT2D eigenvalue weighted by molar-refractivity contribution is 9.10. The first-order valence-electron chi connectivity index (χ1n) is 17.6. The summed E-state index contributed by atoms with van der Waals surface area (Å²) >= 11 is 3.39. The van der Waals surface area contributed by atoms with Gasteiger partial charge in [0.15, 0.2) is 11.3 Å². The van der Waals surface area contributed by atoms with Crippen LogP contribution in [0.4, 0.5) is 13.6 Å². The molecule has 0 radical (unpaired) electrons. The summed E-state index contributed by atoms with van der Waals surface area (Å²) in [6, 6.07) is 10.3. The Balaban J connectivity index is 1.05. The van der Waals surface area contributed by atoms with Crippen LogP contribution in [0.5, 0.6) is 0 Å². The zero-order valence-corrected chi connectivity index (χ0v) is 31.4. The van der Waals surface area contributed by atoms with Crippen LogP contribution in [0.3, 0.4) is 0 Å². The Bertz CT molecular complexity index is 2500. The van der Waals surface area contributed by atoms with E-state index in [0.717, 1.165) is 22.7 Å². The number of aromatic nitrogens is 7. The molecule has 54 heavy (non-hydrogen) atoms. The zero-order chi connectivity index (χ0) is 37.9. The molecule has 278 valence electrons. The lowest BCUT2D eigenvalue weighted by Gasteiger charge is -2.33. The van der Waals surface area contributed by atoms with Crippen LogP contribution >= 0.6 is 15.9 Å². The summed E-state index contributed by atoms with van der Waals surface area (Å²) in [6.07, 6.45) is 5.86. The molecule has 0 spiro atoms. The van der Waals surface area contributed by atoms with Gasteiger partial charge < -0.3 is 19.1 Å². The molecule has 1 fully saturated rings. The number of halogens is 3. The molecule has 0 bridgehead atoms. The number of hydrogen-bond donors (Lipinski definition) is 0. The predicted molar refractivity (Wildman–Crippen MR) is 198 cm³/mol. The second kappa shape index (κ2) is 13.7. The van der Waals surface area contributed by atoms with Gasteiger partial charge in [0.25, 0.3) is 5.91 Å². The summed E-state index contributed by atoms with van der Waals surface area (Å²) in [5, 5.41) is 0.929. The molecule has 16 heteroatoms. The van der Waals surface area contributed by atoms with Crippen molar-refractivity contribution in [1.82, 2.24) is 43.4 Å². The average molecular weight is 801 g/mol. The maximum atomic E-state index is 14.8. The Morgan fingerprint density at radius 2 is 1.74 bits per heavy atom. The molecule has 13 nitrogen and oxygen atoms in total. The van der Waals surface area contributed by atoms with Crippen molar-refractivity contribution in [1.29, 1.82) is 0 Å². The third kappa shape index (κ3) is 6.52. The van der Waals surface area contributed by atoms with Gasteiger partial charge in [-0.05, 0) is 91.9 Å². The summed E-state index contributed by atoms with van der Waals surface area (Å²) in [4.78, 5) is 62.3. The first-order valence-corrected chi connectivity index (χ1v) is 18.4. The second-order valence-corrected chi connectivity index (χ2v) is 15.3. The number of rotatable bonds is 5. The quantitative estimate of drug-likeness (QED) is 0.202. The standard InChI is InChI=1S/C38H36BrF2N9O4/c1-38(2,3)54-37(53)46-14-10-24(11-15-46)49-34-33(44-19-31(39)45-34)50(36(49)52)25-8-9-29(43-18-25)35(51)47-16-12-26-27-5-4-13-42-32(27)48(30(26)21-47)20-22-6-7-23(40)17-28(22)41/h4-9,13,17-19,24H,10-12,14-16,20-21H2,1-3H3. The summed E-state index contributed by atoms with van der Waals surface area (Å²) in [6.45, 7) is 7.08. The zero-order valence-electron chi connectivity index (χ0n) is 29.8. The molecular formula is C38H36BrF2N9O4. The largest absolute Gasteiger partial charge is 0.444 e. The molecule has 1 aromatic carbocycles. The second-order valence-electron chi connectivity index (χ2n) is 14.5. The fraction of sp³-hybridized carbons (Fsp3) is 0.342. The van der Waals surface area contributed by atoms with Gasteiger partial charge >= 0.3 is 11.8 Å². The Morgan fingerprint density at radius 3 is 2.46 bits per heavy atom. The molecule has 6 aromatic rings. The van der Waals surface area contributed by atoms with Crippen molar-refractivity contribution in [2.45, 2.75) is 64.8 Å². The third-order valence-electron chi connectivity index (χ3n) is 9.89. The van der Waals surface area contributed by atoms with Crippen LogP contribution in [-0.4, -0.2) is 80.7 Å². The van der Waals surface area contributed by atoms with E-state index in [1.165, 1.54) is 29.1 Å². The Morgan fingerprint density at radius 1 is 0.944 bits per heavy atom. The topological polar surface area (TPSA) is 133 Å². The van der Waals surface area contributed by atoms with Crippen LogP contribution in [0.1, 0.15) is 67.0 Å². The minimum absolute atomic E-state index is 0.120. The minimum atomic E-state index is -0.655. The fourth-order valence-electron chi connectivity index (χ4n) is 7.39. The molecule has 2 amide bonds. The molecule has 0 atom stereocenters. The van der Waals surface area contributed by atoms with Gasteiger partial charge in [0, 0.05) is 54.6 Å². The van der Waals surface area contributed by atoms with Gasteiger partial charge in [0.1, 0.15) is 33.2 Å². The summed E-state index contributed by atoms with van der Waals surface area (Å²) in [7, 11) is 0. The van der Waals surface area contributed by atoms with Crippen molar-refractivity contribution in [3.8, 4) is 5.69 Å². The van der Waals surface area contributed by atoms with Crippen molar-refractivity contribution >= 4 is 50.3 Å². The number of benzene rings is 1. The van der Waals surface area contributed by atoms with Crippen molar-refractivity contribution in [2.75, 3.05) is 19.6 Å². The molecule has 2 aliphatic rings. The first-order chi connectivity index (χ1) is 25.9. The summed E-state index contributed by atoms with van der Waals surface area (Å²) in [5.41, 5.74) is 3.18.